The summed E-state index contributed by atoms with van der Waals surface area (Å²) in [6.07, 6.45) is -7.22. The Morgan fingerprint density at radius 3 is 0.495 bits per heavy atom. The molecule has 0 spiro atoms. The zero-order valence-corrected chi connectivity index (χ0v) is 53.1. The van der Waals surface area contributed by atoms with E-state index in [4.69, 9.17) is 43.1 Å². The standard InChI is InChI=1S/C24BF20.2C20H24N2.CH2Cl2.Cu/c26-5-1(6(27)14(35)21(42)13(5)34)25(2-7(28)15(36)22(43)16(37)8(2)29,3-9(30)17(38)23(44)18(39)10(3)31)4-11(32)19(40)24(45)20(41)12(4)33;2*1-19(2,3)15-11-9-13-7-8-14-10-12-16(20(4,5)6)22-18(14)17(13)21-15;2-1-3;/h;2*7-12H,1-6H3;1H2;/q-1;;;;+1. The van der Waals surface area contributed by atoms with Crippen LogP contribution in [0.1, 0.15) is 106 Å². The number of aromatic nitrogens is 4. The fraction of sp³-hybridized carbons (Fsp3) is 0.262. The fourth-order valence-electron chi connectivity index (χ4n) is 10.1. The van der Waals surface area contributed by atoms with Crippen molar-refractivity contribution in [2.24, 2.45) is 0 Å². The third-order valence-corrected chi connectivity index (χ3v) is 14.8. The number of hydrogen-bond donors (Lipinski definition) is 0. The molecule has 0 radical (unpaired) electrons. The van der Waals surface area contributed by atoms with E-state index in [-0.39, 0.29) is 44.1 Å². The molecule has 0 saturated heterocycles. The first kappa shape index (κ1) is 74.8. The number of fused-ring (bicyclic) bond motifs is 6. The van der Waals surface area contributed by atoms with E-state index in [1.54, 1.807) is 0 Å². The number of pyridine rings is 4. The molecule has 0 aliphatic carbocycles. The second-order valence-corrected chi connectivity index (χ2v) is 25.9. The van der Waals surface area contributed by atoms with E-state index >= 15 is 35.1 Å². The minimum atomic E-state index is -7.22. The van der Waals surface area contributed by atoms with Crippen LogP contribution in [0.25, 0.3) is 43.6 Å². The Balaban J connectivity index is 0.000000238. The Bertz CT molecular complexity index is 3910. The van der Waals surface area contributed by atoms with Gasteiger partial charge in [0.1, 0.15) is 52.7 Å². The molecule has 4 nitrogen and oxygen atoms in total. The Kier molecular flexibility index (Phi) is 21.9. The fourth-order valence-corrected chi connectivity index (χ4v) is 10.1. The summed E-state index contributed by atoms with van der Waals surface area (Å²) in [7, 11) is 0. The summed E-state index contributed by atoms with van der Waals surface area (Å²) in [5.74, 6) is -71.4. The van der Waals surface area contributed by atoms with E-state index in [1.165, 1.54) is 0 Å². The predicted octanol–water partition coefficient (Wildman–Crippen LogP) is 18.0. The normalized spacial score (nSPS) is 12.2. The van der Waals surface area contributed by atoms with Gasteiger partial charge in [-0.2, -0.15) is 0 Å². The largest absolute Gasteiger partial charge is 1.00 e. The van der Waals surface area contributed by atoms with Crippen molar-refractivity contribution in [3.63, 3.8) is 0 Å². The van der Waals surface area contributed by atoms with Gasteiger partial charge in [-0.3, -0.25) is 0 Å². The quantitative estimate of drug-likeness (QED) is 0.0440. The first-order chi connectivity index (χ1) is 42.4. The van der Waals surface area contributed by atoms with Crippen molar-refractivity contribution in [3.8, 4) is 0 Å². The SMILES string of the molecule is CC(C)(C)c1ccc2ccc3ccc(C(C)(C)C)nc3c2n1.CC(C)(C)c1ccc2ccc3ccc(C(C)(C)C)nc3c2n1.ClCCl.Fc1c(F)c(F)c([B-](c2c(F)c(F)c(F)c(F)c2F)(c2c(F)c(F)c(F)c(F)c2F)c2c(F)c(F)c(F)c(F)c2F)c(F)c1F.[Cu+]. The van der Waals surface area contributed by atoms with Gasteiger partial charge in [0.15, 0.2) is 69.8 Å². The zero-order valence-electron chi connectivity index (χ0n) is 50.6. The van der Waals surface area contributed by atoms with Crippen LogP contribution in [-0.4, -0.2) is 31.4 Å². The maximum absolute atomic E-state index is 15.4. The predicted molar refractivity (Wildman–Crippen MR) is 315 cm³/mol. The number of rotatable bonds is 4. The minimum absolute atomic E-state index is 0. The van der Waals surface area contributed by atoms with Gasteiger partial charge in [0.05, 0.1) is 27.4 Å². The van der Waals surface area contributed by atoms with Crippen LogP contribution in [0, 0.1) is 116 Å². The summed E-state index contributed by atoms with van der Waals surface area (Å²) in [6.45, 7) is 26.3. The van der Waals surface area contributed by atoms with Gasteiger partial charge in [0.25, 0.3) is 0 Å². The molecule has 0 bridgehead atoms. The van der Waals surface area contributed by atoms with Gasteiger partial charge in [-0.05, 0) is 24.3 Å². The molecule has 0 aliphatic heterocycles. The van der Waals surface area contributed by atoms with Crippen molar-refractivity contribution >= 4 is 94.8 Å². The molecule has 4 aromatic heterocycles. The van der Waals surface area contributed by atoms with E-state index in [9.17, 15) is 52.7 Å². The molecule has 93 heavy (non-hydrogen) atoms. The molecule has 10 aromatic rings. The molecule has 0 fully saturated rings. The molecule has 4 heterocycles. The molecular weight excluding hydrogens is 1360 g/mol. The van der Waals surface area contributed by atoms with Crippen LogP contribution in [0.5, 0.6) is 0 Å². The maximum atomic E-state index is 15.4. The molecule has 0 atom stereocenters. The average Bonchev–Trinajstić information content (AvgIpc) is 0.682. The number of nitrogens with zero attached hydrogens (tertiary/aromatic N) is 4. The average molecular weight is 1410 g/mol. The van der Waals surface area contributed by atoms with Gasteiger partial charge in [0.2, 0.25) is 0 Å². The Morgan fingerprint density at radius 2 is 0.366 bits per heavy atom. The molecule has 0 unspecified atom stereocenters. The van der Waals surface area contributed by atoms with Gasteiger partial charge >= 0.3 is 17.1 Å². The smallest absolute Gasteiger partial charge is 0.250 e. The molecule has 10 rings (SSSR count). The summed E-state index contributed by atoms with van der Waals surface area (Å²) in [4.78, 5) is 19.7. The second kappa shape index (κ2) is 27.2. The Hall–Kier alpha value is -7.28. The van der Waals surface area contributed by atoms with E-state index in [0.29, 0.717) is 0 Å². The first-order valence-electron chi connectivity index (χ1n) is 27.2. The minimum Gasteiger partial charge on any atom is -0.250 e. The van der Waals surface area contributed by atoms with Gasteiger partial charge in [-0.15, -0.1) is 45.1 Å². The van der Waals surface area contributed by atoms with Gasteiger partial charge in [0, 0.05) is 66.0 Å². The van der Waals surface area contributed by atoms with E-state index in [0.717, 1.165) is 66.4 Å². The Labute approximate surface area is 539 Å². The first-order valence-corrected chi connectivity index (χ1v) is 28.3. The van der Waals surface area contributed by atoms with Crippen molar-refractivity contribution in [3.05, 3.63) is 212 Å². The molecule has 0 saturated carbocycles. The van der Waals surface area contributed by atoms with Crippen LogP contribution in [-0.2, 0) is 38.7 Å². The molecular formula is C65H50BCl2CuF20N4. The topological polar surface area (TPSA) is 51.6 Å². The van der Waals surface area contributed by atoms with Gasteiger partial charge in [-0.25, -0.2) is 108 Å². The van der Waals surface area contributed by atoms with Crippen molar-refractivity contribution < 1.29 is 105 Å². The molecule has 0 aliphatic rings. The molecule has 0 N–H and O–H groups in total. The van der Waals surface area contributed by atoms with E-state index < -0.39 is 144 Å². The summed E-state index contributed by atoms with van der Waals surface area (Å²) >= 11 is 9.53. The number of hydrogen-bond acceptors (Lipinski definition) is 4. The zero-order chi connectivity index (χ0) is 69.3. The number of alkyl halides is 2. The monoisotopic (exact) mass is 1410 g/mol. The van der Waals surface area contributed by atoms with Crippen LogP contribution in [0.4, 0.5) is 87.8 Å². The Morgan fingerprint density at radius 1 is 0.247 bits per heavy atom. The van der Waals surface area contributed by atoms with Crippen molar-refractivity contribution in [1.29, 1.82) is 0 Å². The molecule has 6 aromatic carbocycles. The third kappa shape index (κ3) is 13.6. The summed E-state index contributed by atoms with van der Waals surface area (Å²) in [5, 5.41) is 4.80. The summed E-state index contributed by atoms with van der Waals surface area (Å²) in [5.41, 5.74) is -5.70. The van der Waals surface area contributed by atoms with E-state index in [2.05, 4.69) is 156 Å². The second-order valence-electron chi connectivity index (χ2n) is 25.1. The van der Waals surface area contributed by atoms with Crippen LogP contribution < -0.4 is 21.9 Å². The number of halogens is 22. The number of benzene rings is 6. The van der Waals surface area contributed by atoms with Crippen molar-refractivity contribution in [2.45, 2.75) is 105 Å². The van der Waals surface area contributed by atoms with Crippen LogP contribution in [0.15, 0.2) is 72.8 Å². The van der Waals surface area contributed by atoms with Gasteiger partial charge in [-0.1, -0.05) is 132 Å². The van der Waals surface area contributed by atoms with Crippen molar-refractivity contribution in [2.75, 3.05) is 5.34 Å². The van der Waals surface area contributed by atoms with E-state index in [1.807, 2.05) is 0 Å². The maximum Gasteiger partial charge on any atom is 1.00 e. The molecule has 0 amide bonds. The van der Waals surface area contributed by atoms with Crippen LogP contribution >= 0.6 is 23.2 Å². The van der Waals surface area contributed by atoms with Crippen LogP contribution in [0.2, 0.25) is 0 Å². The van der Waals surface area contributed by atoms with Gasteiger partial charge < -0.3 is 0 Å². The van der Waals surface area contributed by atoms with Crippen LogP contribution in [0.3, 0.4) is 0 Å². The molecule has 28 heteroatoms. The molecule has 498 valence electrons. The summed E-state index contributed by atoms with van der Waals surface area (Å²) < 4.78 is 294. The third-order valence-electron chi connectivity index (χ3n) is 14.8. The summed E-state index contributed by atoms with van der Waals surface area (Å²) in [6, 6.07) is 25.7. The van der Waals surface area contributed by atoms with Crippen molar-refractivity contribution in [1.82, 2.24) is 19.9 Å².